The molecule has 0 saturated heterocycles. The topological polar surface area (TPSA) is 25.8 Å². The molecule has 0 unspecified atom stereocenters. The molecule has 0 aliphatic rings. The van der Waals surface area contributed by atoms with E-state index in [1.165, 1.54) is 0 Å². The van der Waals surface area contributed by atoms with Gasteiger partial charge in [0, 0.05) is 0 Å². The summed E-state index contributed by atoms with van der Waals surface area (Å²) in [5.74, 6) is 0. The van der Waals surface area contributed by atoms with Crippen LogP contribution in [0.15, 0.2) is 18.9 Å². The molecule has 0 atom stereocenters. The van der Waals surface area contributed by atoms with Crippen LogP contribution in [0.5, 0.6) is 0 Å². The van der Waals surface area contributed by atoms with Gasteiger partial charge in [-0.15, -0.1) is 0 Å². The van der Waals surface area contributed by atoms with E-state index in [1.54, 1.807) is 6.20 Å². The van der Waals surface area contributed by atoms with Gasteiger partial charge in [-0.1, -0.05) is 12.7 Å². The van der Waals surface area contributed by atoms with E-state index in [-0.39, 0.29) is 0 Å². The van der Waals surface area contributed by atoms with E-state index in [0.29, 0.717) is 0 Å². The van der Waals surface area contributed by atoms with Gasteiger partial charge in [-0.05, 0) is 32.4 Å². The van der Waals surface area contributed by atoms with Gasteiger partial charge in [-0.2, -0.15) is 0 Å². The second kappa shape index (κ2) is 3.99. The first kappa shape index (κ1) is 9.65. The fourth-order valence-corrected chi connectivity index (χ4v) is 0.985. The van der Waals surface area contributed by atoms with E-state index in [9.17, 15) is 0 Å². The molecule has 0 N–H and O–H groups in total. The van der Waals surface area contributed by atoms with E-state index in [1.807, 2.05) is 32.9 Å². The first-order valence-electron chi connectivity index (χ1n) is 4.27. The Labute approximate surface area is 79.0 Å². The number of hydrogen-bond donors (Lipinski definition) is 0. The molecule has 1 aromatic rings. The SMILES string of the molecule is C=C(C)c1cnc(C)c(/C=C\C)n1. The zero-order chi connectivity index (χ0) is 9.84. The van der Waals surface area contributed by atoms with Crippen LogP contribution in [0.1, 0.15) is 30.9 Å². The standard InChI is InChI=1S/C11H14N2/c1-5-6-10-9(4)12-7-11(13-10)8(2)3/h5-7H,2H2,1,3-4H3/b6-5-. The summed E-state index contributed by atoms with van der Waals surface area (Å²) in [6.07, 6.45) is 5.67. The number of allylic oxidation sites excluding steroid dienone is 2. The quantitative estimate of drug-likeness (QED) is 0.689. The highest BCUT2D eigenvalue weighted by molar-refractivity contribution is 5.59. The Hall–Kier alpha value is -1.44. The van der Waals surface area contributed by atoms with Crippen LogP contribution in [-0.4, -0.2) is 9.97 Å². The van der Waals surface area contributed by atoms with Crippen LogP contribution in [0.4, 0.5) is 0 Å². The molecule has 2 heteroatoms. The summed E-state index contributed by atoms with van der Waals surface area (Å²) in [6.45, 7) is 9.67. The highest BCUT2D eigenvalue weighted by Crippen LogP contribution is 2.10. The smallest absolute Gasteiger partial charge is 0.0846 e. The number of nitrogens with zero attached hydrogens (tertiary/aromatic N) is 2. The zero-order valence-electron chi connectivity index (χ0n) is 8.33. The Kier molecular flexibility index (Phi) is 2.96. The lowest BCUT2D eigenvalue weighted by molar-refractivity contribution is 1.08. The summed E-state index contributed by atoms with van der Waals surface area (Å²) in [5.41, 5.74) is 3.67. The molecule has 1 heterocycles. The van der Waals surface area contributed by atoms with Gasteiger partial charge in [0.1, 0.15) is 0 Å². The molecule has 0 amide bonds. The first-order valence-corrected chi connectivity index (χ1v) is 4.27. The van der Waals surface area contributed by atoms with Crippen molar-refractivity contribution < 1.29 is 0 Å². The third kappa shape index (κ3) is 2.25. The van der Waals surface area contributed by atoms with Crippen molar-refractivity contribution in [3.05, 3.63) is 35.9 Å². The van der Waals surface area contributed by atoms with Gasteiger partial charge in [0.15, 0.2) is 0 Å². The van der Waals surface area contributed by atoms with Crippen molar-refractivity contribution >= 4 is 11.6 Å². The van der Waals surface area contributed by atoms with Crippen molar-refractivity contribution in [2.75, 3.05) is 0 Å². The van der Waals surface area contributed by atoms with Crippen LogP contribution in [0.25, 0.3) is 11.6 Å². The molecule has 2 nitrogen and oxygen atoms in total. The van der Waals surface area contributed by atoms with E-state index in [4.69, 9.17) is 0 Å². The van der Waals surface area contributed by atoms with Crippen molar-refractivity contribution in [1.82, 2.24) is 9.97 Å². The Morgan fingerprint density at radius 3 is 2.77 bits per heavy atom. The van der Waals surface area contributed by atoms with E-state index in [0.717, 1.165) is 22.7 Å². The van der Waals surface area contributed by atoms with Gasteiger partial charge >= 0.3 is 0 Å². The third-order valence-electron chi connectivity index (χ3n) is 1.75. The average Bonchev–Trinajstić information content (AvgIpc) is 2.08. The lowest BCUT2D eigenvalue weighted by Crippen LogP contribution is -1.95. The summed E-state index contributed by atoms with van der Waals surface area (Å²) in [7, 11) is 0. The van der Waals surface area contributed by atoms with Gasteiger partial charge in [0.05, 0.1) is 23.3 Å². The number of rotatable bonds is 2. The summed E-state index contributed by atoms with van der Waals surface area (Å²) in [4.78, 5) is 8.66. The minimum atomic E-state index is 0.860. The predicted octanol–water partition coefficient (Wildman–Crippen LogP) is 2.85. The summed E-state index contributed by atoms with van der Waals surface area (Å²) in [5, 5.41) is 0. The summed E-state index contributed by atoms with van der Waals surface area (Å²) in [6, 6.07) is 0. The molecule has 0 bridgehead atoms. The molecule has 0 radical (unpaired) electrons. The Morgan fingerprint density at radius 2 is 2.23 bits per heavy atom. The molecule has 0 saturated carbocycles. The van der Waals surface area contributed by atoms with Crippen molar-refractivity contribution in [2.45, 2.75) is 20.8 Å². The Balaban J connectivity index is 3.18. The van der Waals surface area contributed by atoms with Crippen molar-refractivity contribution in [2.24, 2.45) is 0 Å². The maximum atomic E-state index is 4.41. The fraction of sp³-hybridized carbons (Fsp3) is 0.273. The molecule has 0 aliphatic carbocycles. The van der Waals surface area contributed by atoms with Crippen molar-refractivity contribution in [3.63, 3.8) is 0 Å². The van der Waals surface area contributed by atoms with Crippen LogP contribution in [0.3, 0.4) is 0 Å². The van der Waals surface area contributed by atoms with Gasteiger partial charge in [-0.3, -0.25) is 4.98 Å². The van der Waals surface area contributed by atoms with Gasteiger partial charge in [0.25, 0.3) is 0 Å². The highest BCUT2D eigenvalue weighted by atomic mass is 14.8. The molecule has 68 valence electrons. The number of aryl methyl sites for hydroxylation is 1. The molecule has 0 aromatic carbocycles. The normalized spacial score (nSPS) is 10.7. The Bertz CT molecular complexity index is 351. The summed E-state index contributed by atoms with van der Waals surface area (Å²) >= 11 is 0. The molecule has 13 heavy (non-hydrogen) atoms. The van der Waals surface area contributed by atoms with Crippen molar-refractivity contribution in [1.29, 1.82) is 0 Å². The second-order valence-corrected chi connectivity index (χ2v) is 3.01. The highest BCUT2D eigenvalue weighted by Gasteiger charge is 2.00. The zero-order valence-corrected chi connectivity index (χ0v) is 8.33. The lowest BCUT2D eigenvalue weighted by Gasteiger charge is -2.02. The maximum absolute atomic E-state index is 4.41. The minimum absolute atomic E-state index is 0.860. The Morgan fingerprint density at radius 1 is 1.54 bits per heavy atom. The van der Waals surface area contributed by atoms with Gasteiger partial charge in [0.2, 0.25) is 0 Å². The van der Waals surface area contributed by atoms with Crippen LogP contribution in [0.2, 0.25) is 0 Å². The van der Waals surface area contributed by atoms with Crippen LogP contribution >= 0.6 is 0 Å². The van der Waals surface area contributed by atoms with E-state index >= 15 is 0 Å². The average molecular weight is 174 g/mol. The first-order chi connectivity index (χ1) is 6.15. The van der Waals surface area contributed by atoms with Gasteiger partial charge in [-0.25, -0.2) is 4.98 Å². The fourth-order valence-electron chi connectivity index (χ4n) is 0.985. The molecule has 0 spiro atoms. The second-order valence-electron chi connectivity index (χ2n) is 3.01. The van der Waals surface area contributed by atoms with E-state index < -0.39 is 0 Å². The molecular formula is C11H14N2. The monoisotopic (exact) mass is 174 g/mol. The molecule has 1 rings (SSSR count). The molecule has 0 fully saturated rings. The molecular weight excluding hydrogens is 160 g/mol. The molecule has 1 aromatic heterocycles. The number of aromatic nitrogens is 2. The van der Waals surface area contributed by atoms with Crippen LogP contribution < -0.4 is 0 Å². The van der Waals surface area contributed by atoms with Crippen LogP contribution in [-0.2, 0) is 0 Å². The predicted molar refractivity (Wildman–Crippen MR) is 56.2 cm³/mol. The van der Waals surface area contributed by atoms with Crippen LogP contribution in [0, 0.1) is 6.92 Å². The van der Waals surface area contributed by atoms with E-state index in [2.05, 4.69) is 16.5 Å². The maximum Gasteiger partial charge on any atom is 0.0846 e. The third-order valence-corrected chi connectivity index (χ3v) is 1.75. The largest absolute Gasteiger partial charge is 0.257 e. The van der Waals surface area contributed by atoms with Gasteiger partial charge < -0.3 is 0 Å². The molecule has 0 aliphatic heterocycles. The lowest BCUT2D eigenvalue weighted by atomic mass is 10.2. The number of hydrogen-bond acceptors (Lipinski definition) is 2. The minimum Gasteiger partial charge on any atom is -0.257 e. The van der Waals surface area contributed by atoms with Crippen molar-refractivity contribution in [3.8, 4) is 0 Å². The summed E-state index contributed by atoms with van der Waals surface area (Å²) < 4.78 is 0.